The van der Waals surface area contributed by atoms with Crippen molar-refractivity contribution in [1.82, 2.24) is 5.32 Å². The van der Waals surface area contributed by atoms with Gasteiger partial charge >= 0.3 is 11.9 Å². The molecule has 6 rings (SSSR count). The quantitative estimate of drug-likeness (QED) is 0.0553. The highest BCUT2D eigenvalue weighted by Gasteiger charge is 2.53. The highest BCUT2D eigenvalue weighted by Crippen LogP contribution is 2.57. The van der Waals surface area contributed by atoms with Crippen molar-refractivity contribution in [3.8, 4) is 11.5 Å². The number of allylic oxidation sites excluding steroid dienone is 2. The molecular formula is C49H63N3O11. The fourth-order valence-electron chi connectivity index (χ4n) is 7.87. The van der Waals surface area contributed by atoms with Crippen molar-refractivity contribution in [2.24, 2.45) is 0 Å². The van der Waals surface area contributed by atoms with E-state index in [-0.39, 0.29) is 30.2 Å². The Morgan fingerprint density at radius 1 is 0.683 bits per heavy atom. The van der Waals surface area contributed by atoms with Gasteiger partial charge in [0.2, 0.25) is 0 Å². The lowest BCUT2D eigenvalue weighted by Crippen LogP contribution is -2.33. The molecule has 1 amide bonds. The minimum Gasteiger partial charge on any atom is -0.462 e. The smallest absolute Gasteiger partial charge is 0.340 e. The van der Waals surface area contributed by atoms with Crippen LogP contribution in [-0.4, -0.2) is 117 Å². The standard InChI is InChI=1S/C49H63N3O11/c1-51(2)36-17-20-42-44(33-36)62-45-34-37(52(3)4)18-21-43(45)49(42)41-19-16-35(32-40(41)48(56)63-49)47(55)50-23-10-12-38(53)22-25-58-27-29-60-31-30-59-28-26-57-24-11-15-46(54)61-39-13-8-6-5-7-9-14-39/h5-6,16-21,32-34,39H,7-15,22-31H2,1-4H3,(H,50,55)/b6-5+. The van der Waals surface area contributed by atoms with Crippen molar-refractivity contribution in [2.75, 3.05) is 97.4 Å². The molecule has 2 heterocycles. The van der Waals surface area contributed by atoms with E-state index in [0.717, 1.165) is 43.5 Å². The Labute approximate surface area is 371 Å². The van der Waals surface area contributed by atoms with Gasteiger partial charge in [-0.15, -0.1) is 0 Å². The van der Waals surface area contributed by atoms with Gasteiger partial charge in [-0.2, -0.15) is 0 Å². The molecule has 1 unspecified atom stereocenters. The van der Waals surface area contributed by atoms with Crippen LogP contribution in [0.25, 0.3) is 0 Å². The molecule has 3 aliphatic rings. The lowest BCUT2D eigenvalue weighted by molar-refractivity contribution is -0.150. The fraction of sp³-hybridized carbons (Fsp3) is 0.510. The van der Waals surface area contributed by atoms with Crippen molar-refractivity contribution < 1.29 is 52.3 Å². The Hall–Kier alpha value is -5.28. The first-order valence-electron chi connectivity index (χ1n) is 22.2. The number of amides is 1. The van der Waals surface area contributed by atoms with Gasteiger partial charge in [0.05, 0.1) is 51.8 Å². The first-order chi connectivity index (χ1) is 30.6. The molecule has 3 aromatic rings. The molecule has 340 valence electrons. The maximum atomic E-state index is 13.6. The predicted molar refractivity (Wildman–Crippen MR) is 239 cm³/mol. The van der Waals surface area contributed by atoms with Gasteiger partial charge in [0, 0.05) is 106 Å². The van der Waals surface area contributed by atoms with Gasteiger partial charge < -0.3 is 48.3 Å². The van der Waals surface area contributed by atoms with Crippen LogP contribution in [-0.2, 0) is 43.6 Å². The van der Waals surface area contributed by atoms with Crippen LogP contribution in [0.4, 0.5) is 11.4 Å². The summed E-state index contributed by atoms with van der Waals surface area (Å²) < 4.78 is 40.6. The molecule has 2 aliphatic heterocycles. The zero-order valence-electron chi connectivity index (χ0n) is 37.2. The van der Waals surface area contributed by atoms with E-state index in [1.54, 1.807) is 18.2 Å². The molecule has 1 atom stereocenters. The molecule has 1 aliphatic carbocycles. The zero-order chi connectivity index (χ0) is 44.6. The van der Waals surface area contributed by atoms with Gasteiger partial charge in [0.1, 0.15) is 23.4 Å². The summed E-state index contributed by atoms with van der Waals surface area (Å²) >= 11 is 0. The van der Waals surface area contributed by atoms with Crippen molar-refractivity contribution in [2.45, 2.75) is 75.9 Å². The number of benzene rings is 3. The Balaban J connectivity index is 0.829. The summed E-state index contributed by atoms with van der Waals surface area (Å²) in [5, 5.41) is 2.88. The minimum absolute atomic E-state index is 0.0291. The molecule has 1 N–H and O–H groups in total. The number of anilines is 2. The molecule has 0 bridgehead atoms. The summed E-state index contributed by atoms with van der Waals surface area (Å²) in [5.74, 6) is 0.191. The number of carbonyl (C=O) groups excluding carboxylic acids is 4. The van der Waals surface area contributed by atoms with Crippen LogP contribution in [0.3, 0.4) is 0 Å². The number of carbonyl (C=O) groups is 4. The molecular weight excluding hydrogens is 807 g/mol. The molecule has 3 aromatic carbocycles. The summed E-state index contributed by atoms with van der Waals surface area (Å²) in [4.78, 5) is 55.4. The SMILES string of the molecule is CN(C)c1ccc2c(c1)Oc1cc(N(C)C)ccc1C21OC(=O)c2cc(C(=O)NCCCC(=O)CCOCCOCCOCCOCCCC(=O)OC3CC/C=C/CCC3)ccc21. The average Bonchev–Trinajstić information content (AvgIpc) is 3.55. The summed E-state index contributed by atoms with van der Waals surface area (Å²) in [6.07, 6.45) is 11.3. The van der Waals surface area contributed by atoms with Crippen LogP contribution in [0, 0.1) is 0 Å². The fourth-order valence-corrected chi connectivity index (χ4v) is 7.87. The van der Waals surface area contributed by atoms with Gasteiger partial charge in [-0.1, -0.05) is 18.2 Å². The highest BCUT2D eigenvalue weighted by molar-refractivity contribution is 6.01. The zero-order valence-corrected chi connectivity index (χ0v) is 37.2. The third-order valence-corrected chi connectivity index (χ3v) is 11.3. The Morgan fingerprint density at radius 2 is 1.29 bits per heavy atom. The Morgan fingerprint density at radius 3 is 1.94 bits per heavy atom. The van der Waals surface area contributed by atoms with Crippen LogP contribution >= 0.6 is 0 Å². The Bertz CT molecular complexity index is 2010. The Kier molecular flexibility index (Phi) is 17.5. The number of ether oxygens (including phenoxy) is 7. The van der Waals surface area contributed by atoms with E-state index < -0.39 is 11.6 Å². The average molecular weight is 870 g/mol. The van der Waals surface area contributed by atoms with E-state index in [9.17, 15) is 19.2 Å². The monoisotopic (exact) mass is 869 g/mol. The predicted octanol–water partition coefficient (Wildman–Crippen LogP) is 7.13. The van der Waals surface area contributed by atoms with Crippen molar-refractivity contribution in [3.05, 3.63) is 94.6 Å². The first-order valence-corrected chi connectivity index (χ1v) is 22.2. The number of nitrogens with zero attached hydrogens (tertiary/aromatic N) is 2. The maximum absolute atomic E-state index is 13.6. The molecule has 0 radical (unpaired) electrons. The molecule has 1 spiro atoms. The summed E-state index contributed by atoms with van der Waals surface area (Å²) in [6.45, 7) is 3.56. The second-order valence-electron chi connectivity index (χ2n) is 16.4. The van der Waals surface area contributed by atoms with E-state index in [0.29, 0.717) is 124 Å². The molecule has 14 nitrogen and oxygen atoms in total. The summed E-state index contributed by atoms with van der Waals surface area (Å²) in [5.41, 5.74) is 3.29. The van der Waals surface area contributed by atoms with Gasteiger partial charge in [-0.3, -0.25) is 14.4 Å². The van der Waals surface area contributed by atoms with Crippen LogP contribution in [0.15, 0.2) is 66.7 Å². The second-order valence-corrected chi connectivity index (χ2v) is 16.4. The summed E-state index contributed by atoms with van der Waals surface area (Å²) in [7, 11) is 7.80. The third kappa shape index (κ3) is 12.7. The maximum Gasteiger partial charge on any atom is 0.340 e. The second kappa shape index (κ2) is 23.4. The number of rotatable bonds is 24. The number of ketones is 1. The third-order valence-electron chi connectivity index (χ3n) is 11.3. The molecule has 63 heavy (non-hydrogen) atoms. The van der Waals surface area contributed by atoms with Gasteiger partial charge in [-0.25, -0.2) is 4.79 Å². The normalized spacial score (nSPS) is 16.4. The van der Waals surface area contributed by atoms with E-state index in [1.165, 1.54) is 0 Å². The molecule has 0 fully saturated rings. The number of hydrogen-bond donors (Lipinski definition) is 1. The van der Waals surface area contributed by atoms with Crippen molar-refractivity contribution >= 4 is 35.0 Å². The van der Waals surface area contributed by atoms with Crippen LogP contribution < -0.4 is 19.9 Å². The largest absolute Gasteiger partial charge is 0.462 e. The van der Waals surface area contributed by atoms with Crippen molar-refractivity contribution in [3.63, 3.8) is 0 Å². The first kappa shape index (κ1) is 47.2. The lowest BCUT2D eigenvalue weighted by atomic mass is 9.77. The van der Waals surface area contributed by atoms with Gasteiger partial charge in [-0.05, 0) is 81.3 Å². The number of esters is 2. The molecule has 14 heteroatoms. The van der Waals surface area contributed by atoms with E-state index in [4.69, 9.17) is 33.2 Å². The number of hydrogen-bond acceptors (Lipinski definition) is 13. The van der Waals surface area contributed by atoms with E-state index in [1.807, 2.05) is 74.4 Å². The topological polar surface area (TPSA) is 151 Å². The molecule has 0 saturated heterocycles. The lowest BCUT2D eigenvalue weighted by Gasteiger charge is -2.37. The highest BCUT2D eigenvalue weighted by atomic mass is 16.6. The number of fused-ring (bicyclic) bond motifs is 6. The number of Topliss-reactive ketones (excluding diaryl/α,β-unsaturated/α-hetero) is 1. The van der Waals surface area contributed by atoms with Crippen LogP contribution in [0.5, 0.6) is 11.5 Å². The number of nitrogens with one attached hydrogen (secondary N) is 1. The van der Waals surface area contributed by atoms with Crippen molar-refractivity contribution in [1.29, 1.82) is 0 Å². The van der Waals surface area contributed by atoms with Gasteiger partial charge in [0.15, 0.2) is 5.60 Å². The summed E-state index contributed by atoms with van der Waals surface area (Å²) in [6, 6.07) is 16.7. The van der Waals surface area contributed by atoms with E-state index in [2.05, 4.69) is 17.5 Å². The van der Waals surface area contributed by atoms with E-state index >= 15 is 0 Å². The van der Waals surface area contributed by atoms with Gasteiger partial charge in [0.25, 0.3) is 5.91 Å². The molecule has 0 aromatic heterocycles. The van der Waals surface area contributed by atoms with Crippen LogP contribution in [0.2, 0.25) is 0 Å². The minimum atomic E-state index is -1.25. The molecule has 0 saturated carbocycles. The van der Waals surface area contributed by atoms with Crippen LogP contribution in [0.1, 0.15) is 102 Å².